The Morgan fingerprint density at radius 1 is 1.24 bits per heavy atom. The van der Waals surface area contributed by atoms with E-state index in [4.69, 9.17) is 13.9 Å². The molecule has 2 aliphatic rings. The van der Waals surface area contributed by atoms with Gasteiger partial charge in [-0.3, -0.25) is 9.69 Å². The number of carbonyl (C=O) groups is 1. The predicted molar refractivity (Wildman–Crippen MR) is 93.6 cm³/mol. The van der Waals surface area contributed by atoms with Gasteiger partial charge < -0.3 is 13.9 Å². The minimum Gasteiger partial charge on any atom is -0.478 e. The lowest BCUT2D eigenvalue weighted by Gasteiger charge is -2.30. The fraction of sp³-hybridized carbons (Fsp3) is 0.350. The Morgan fingerprint density at radius 3 is 2.80 bits per heavy atom. The number of Topliss-reactive ketones (excluding diaryl/α,β-unsaturated/α-hetero) is 1. The molecule has 1 aromatic carbocycles. The number of rotatable bonds is 3. The molecule has 0 atom stereocenters. The summed E-state index contributed by atoms with van der Waals surface area (Å²) < 4.78 is 17.3. The first-order valence-corrected chi connectivity index (χ1v) is 8.53. The second kappa shape index (κ2) is 6.08. The van der Waals surface area contributed by atoms with Crippen LogP contribution < -0.4 is 9.47 Å². The highest BCUT2D eigenvalue weighted by molar-refractivity contribution is 6.14. The van der Waals surface area contributed by atoms with Gasteiger partial charge >= 0.3 is 0 Å². The van der Waals surface area contributed by atoms with E-state index in [1.165, 1.54) is 0 Å². The minimum absolute atomic E-state index is 0.118. The summed E-state index contributed by atoms with van der Waals surface area (Å²) in [5.74, 6) is 3.53. The van der Waals surface area contributed by atoms with Crippen molar-refractivity contribution in [2.45, 2.75) is 27.3 Å². The molecule has 0 aliphatic carbocycles. The molecule has 5 nitrogen and oxygen atoms in total. The first kappa shape index (κ1) is 16.0. The van der Waals surface area contributed by atoms with Crippen LogP contribution in [0.5, 0.6) is 11.5 Å². The van der Waals surface area contributed by atoms with Gasteiger partial charge in [0.05, 0.1) is 11.1 Å². The molecule has 0 N–H and O–H groups in total. The van der Waals surface area contributed by atoms with Gasteiger partial charge in [-0.15, -0.1) is 0 Å². The van der Waals surface area contributed by atoms with Gasteiger partial charge in [0.2, 0.25) is 5.78 Å². The number of ether oxygens (including phenoxy) is 2. The third kappa shape index (κ3) is 2.96. The van der Waals surface area contributed by atoms with Crippen LogP contribution in [-0.2, 0) is 6.54 Å². The summed E-state index contributed by atoms with van der Waals surface area (Å²) in [5, 5.41) is 0. The molecule has 3 heterocycles. The molecule has 2 aliphatic heterocycles. The lowest BCUT2D eigenvalue weighted by molar-refractivity contribution is 0.0832. The van der Waals surface area contributed by atoms with E-state index in [1.807, 2.05) is 25.1 Å². The number of furan rings is 1. The average Bonchev–Trinajstić information content (AvgIpc) is 3.11. The van der Waals surface area contributed by atoms with E-state index in [0.717, 1.165) is 30.2 Å². The summed E-state index contributed by atoms with van der Waals surface area (Å²) in [6.45, 7) is 8.44. The van der Waals surface area contributed by atoms with Crippen LogP contribution in [-0.4, -0.2) is 24.0 Å². The minimum atomic E-state index is -0.118. The Balaban J connectivity index is 1.66. The van der Waals surface area contributed by atoms with Crippen LogP contribution in [0.4, 0.5) is 0 Å². The standard InChI is InChI=1S/C20H21NO4/c1-12(2)9-21-10-16-17(23-11-21)7-6-15-19(22)18(25-20(15)16)8-14-5-4-13(3)24-14/h4-8,12H,9-11H2,1-3H3/b18-8-. The summed E-state index contributed by atoms with van der Waals surface area (Å²) in [6.07, 6.45) is 1.65. The molecule has 1 aromatic heterocycles. The van der Waals surface area contributed by atoms with Crippen LogP contribution in [0.15, 0.2) is 34.4 Å². The van der Waals surface area contributed by atoms with Crippen molar-refractivity contribution >= 4 is 11.9 Å². The van der Waals surface area contributed by atoms with Crippen LogP contribution in [0, 0.1) is 12.8 Å². The molecule has 0 spiro atoms. The molecule has 0 saturated carbocycles. The third-order valence-electron chi connectivity index (χ3n) is 4.34. The fourth-order valence-electron chi connectivity index (χ4n) is 3.30. The van der Waals surface area contributed by atoms with E-state index < -0.39 is 0 Å². The number of hydrogen-bond donors (Lipinski definition) is 0. The van der Waals surface area contributed by atoms with Gasteiger partial charge in [-0.05, 0) is 37.1 Å². The Bertz CT molecular complexity index is 863. The summed E-state index contributed by atoms with van der Waals surface area (Å²) in [4.78, 5) is 14.9. The number of fused-ring (bicyclic) bond motifs is 3. The topological polar surface area (TPSA) is 51.9 Å². The van der Waals surface area contributed by atoms with Crippen LogP contribution in [0.2, 0.25) is 0 Å². The van der Waals surface area contributed by atoms with Crippen molar-refractivity contribution in [3.63, 3.8) is 0 Å². The molecule has 5 heteroatoms. The number of benzene rings is 1. The second-order valence-electron chi connectivity index (χ2n) is 6.99. The molecule has 2 aromatic rings. The maximum absolute atomic E-state index is 12.7. The Morgan fingerprint density at radius 2 is 2.08 bits per heavy atom. The van der Waals surface area contributed by atoms with Gasteiger partial charge in [-0.1, -0.05) is 13.8 Å². The van der Waals surface area contributed by atoms with E-state index >= 15 is 0 Å². The van der Waals surface area contributed by atoms with Gasteiger partial charge in [-0.25, -0.2) is 0 Å². The molecule has 0 radical (unpaired) electrons. The number of carbonyl (C=O) groups excluding carboxylic acids is 1. The molecule has 130 valence electrons. The van der Waals surface area contributed by atoms with Crippen molar-refractivity contribution in [1.82, 2.24) is 4.90 Å². The summed E-state index contributed by atoms with van der Waals surface area (Å²) in [6, 6.07) is 7.33. The molecule has 4 rings (SSSR count). The lowest BCUT2D eigenvalue weighted by atomic mass is 10.0. The van der Waals surface area contributed by atoms with Crippen molar-refractivity contribution in [2.24, 2.45) is 5.92 Å². The van der Waals surface area contributed by atoms with Crippen LogP contribution in [0.1, 0.15) is 41.3 Å². The van der Waals surface area contributed by atoms with Crippen molar-refractivity contribution in [3.8, 4) is 11.5 Å². The highest BCUT2D eigenvalue weighted by Crippen LogP contribution is 2.42. The van der Waals surface area contributed by atoms with Crippen molar-refractivity contribution in [2.75, 3.05) is 13.3 Å². The molecule has 0 fully saturated rings. The summed E-state index contributed by atoms with van der Waals surface area (Å²) >= 11 is 0. The van der Waals surface area contributed by atoms with E-state index in [1.54, 1.807) is 12.1 Å². The molecule has 0 bridgehead atoms. The second-order valence-corrected chi connectivity index (χ2v) is 6.99. The van der Waals surface area contributed by atoms with Gasteiger partial charge in [-0.2, -0.15) is 0 Å². The molecule has 0 amide bonds. The zero-order valence-corrected chi connectivity index (χ0v) is 14.7. The third-order valence-corrected chi connectivity index (χ3v) is 4.34. The van der Waals surface area contributed by atoms with Crippen molar-refractivity contribution in [3.05, 3.63) is 52.7 Å². The zero-order valence-electron chi connectivity index (χ0n) is 14.7. The Hall–Kier alpha value is -2.53. The number of aryl methyl sites for hydroxylation is 1. The Labute approximate surface area is 146 Å². The average molecular weight is 339 g/mol. The fourth-order valence-corrected chi connectivity index (χ4v) is 3.30. The first-order chi connectivity index (χ1) is 12.0. The smallest absolute Gasteiger partial charge is 0.232 e. The van der Waals surface area contributed by atoms with Gasteiger partial charge in [0.1, 0.15) is 29.8 Å². The van der Waals surface area contributed by atoms with Gasteiger partial charge in [0, 0.05) is 19.2 Å². The summed E-state index contributed by atoms with van der Waals surface area (Å²) in [7, 11) is 0. The number of ketones is 1. The number of allylic oxidation sites excluding steroid dienone is 1. The number of hydrogen-bond acceptors (Lipinski definition) is 5. The normalized spacial score (nSPS) is 18.2. The lowest BCUT2D eigenvalue weighted by Crippen LogP contribution is -2.34. The van der Waals surface area contributed by atoms with E-state index in [9.17, 15) is 4.79 Å². The van der Waals surface area contributed by atoms with Crippen molar-refractivity contribution in [1.29, 1.82) is 0 Å². The highest BCUT2D eigenvalue weighted by atomic mass is 16.5. The van der Waals surface area contributed by atoms with Gasteiger partial charge in [0.15, 0.2) is 5.76 Å². The maximum atomic E-state index is 12.7. The van der Waals surface area contributed by atoms with E-state index in [2.05, 4.69) is 18.7 Å². The first-order valence-electron chi connectivity index (χ1n) is 8.53. The molecule has 0 unspecified atom stereocenters. The SMILES string of the molecule is Cc1ccc(/C=C2\Oc3c(ccc4c3CN(CC(C)C)CO4)C2=O)o1. The molecule has 0 saturated heterocycles. The van der Waals surface area contributed by atoms with E-state index in [-0.39, 0.29) is 5.78 Å². The van der Waals surface area contributed by atoms with Crippen LogP contribution in [0.25, 0.3) is 6.08 Å². The van der Waals surface area contributed by atoms with Crippen LogP contribution in [0.3, 0.4) is 0 Å². The summed E-state index contributed by atoms with van der Waals surface area (Å²) in [5.41, 5.74) is 1.53. The predicted octanol–water partition coefficient (Wildman–Crippen LogP) is 4.01. The highest BCUT2D eigenvalue weighted by Gasteiger charge is 2.33. The zero-order chi connectivity index (χ0) is 17.6. The maximum Gasteiger partial charge on any atom is 0.232 e. The quantitative estimate of drug-likeness (QED) is 0.791. The van der Waals surface area contributed by atoms with Crippen molar-refractivity contribution < 1.29 is 18.7 Å². The largest absolute Gasteiger partial charge is 0.478 e. The molecular formula is C20H21NO4. The Kier molecular flexibility index (Phi) is 3.88. The molecule has 25 heavy (non-hydrogen) atoms. The van der Waals surface area contributed by atoms with Crippen LogP contribution >= 0.6 is 0 Å². The molecular weight excluding hydrogens is 318 g/mol. The number of nitrogens with zero attached hydrogens (tertiary/aromatic N) is 1. The van der Waals surface area contributed by atoms with Gasteiger partial charge in [0.25, 0.3) is 0 Å². The van der Waals surface area contributed by atoms with E-state index in [0.29, 0.717) is 35.5 Å². The monoisotopic (exact) mass is 339 g/mol.